The zero-order valence-corrected chi connectivity index (χ0v) is 12.2. The molecule has 1 amide bonds. The van der Waals surface area contributed by atoms with E-state index in [-0.39, 0.29) is 11.7 Å². The Bertz CT molecular complexity index is 511. The molecule has 1 heterocycles. The summed E-state index contributed by atoms with van der Waals surface area (Å²) in [5, 5.41) is 13.4. The number of carbonyl (C=O) groups excluding carboxylic acids is 1. The Labute approximate surface area is 124 Å². The zero-order valence-electron chi connectivity index (χ0n) is 12.2. The monoisotopic (exact) mass is 291 g/mol. The van der Waals surface area contributed by atoms with E-state index < -0.39 is 0 Å². The van der Waals surface area contributed by atoms with Crippen LogP contribution in [-0.2, 0) is 4.79 Å². The summed E-state index contributed by atoms with van der Waals surface area (Å²) in [6.45, 7) is 2.34. The fraction of sp³-hybridized carbons (Fsp3) is 0.467. The standard InChI is InChI=1S/C15H21N3O3/c1-21-14-9-12(5-6-13(14)19)10-16-17-15(20)11-18-7-3-2-4-8-18/h5-6,9-10,19H,2-4,7-8,11H2,1H3,(H,17,20)/b16-10+. The van der Waals surface area contributed by atoms with E-state index >= 15 is 0 Å². The highest BCUT2D eigenvalue weighted by molar-refractivity contribution is 5.83. The Morgan fingerprint density at radius 3 is 2.90 bits per heavy atom. The molecule has 0 aromatic heterocycles. The van der Waals surface area contributed by atoms with Crippen molar-refractivity contribution in [3.63, 3.8) is 0 Å². The molecule has 6 heteroatoms. The van der Waals surface area contributed by atoms with E-state index in [1.54, 1.807) is 12.1 Å². The maximum Gasteiger partial charge on any atom is 0.254 e. The first-order chi connectivity index (χ1) is 10.2. The summed E-state index contributed by atoms with van der Waals surface area (Å²) in [6, 6.07) is 4.86. The Morgan fingerprint density at radius 2 is 2.19 bits per heavy atom. The molecule has 2 N–H and O–H groups in total. The fourth-order valence-electron chi connectivity index (χ4n) is 2.31. The van der Waals surface area contributed by atoms with Gasteiger partial charge in [0, 0.05) is 0 Å². The molecule has 114 valence electrons. The molecule has 0 aliphatic carbocycles. The second-order valence-corrected chi connectivity index (χ2v) is 5.06. The van der Waals surface area contributed by atoms with Crippen LogP contribution in [0.4, 0.5) is 0 Å². The van der Waals surface area contributed by atoms with Crippen molar-refractivity contribution in [3.8, 4) is 11.5 Å². The fourth-order valence-corrected chi connectivity index (χ4v) is 2.31. The number of rotatable bonds is 5. The Morgan fingerprint density at radius 1 is 1.43 bits per heavy atom. The molecule has 1 aromatic rings. The summed E-state index contributed by atoms with van der Waals surface area (Å²) in [5.41, 5.74) is 3.25. The third-order valence-corrected chi connectivity index (χ3v) is 3.42. The molecule has 1 aliphatic rings. The number of ether oxygens (including phenoxy) is 1. The Kier molecular flexibility index (Phi) is 5.57. The highest BCUT2D eigenvalue weighted by atomic mass is 16.5. The summed E-state index contributed by atoms with van der Waals surface area (Å²) in [6.07, 6.45) is 5.09. The molecule has 0 unspecified atom stereocenters. The quantitative estimate of drug-likeness (QED) is 0.634. The second-order valence-electron chi connectivity index (χ2n) is 5.06. The van der Waals surface area contributed by atoms with Crippen molar-refractivity contribution in [2.45, 2.75) is 19.3 Å². The number of hydrogen-bond donors (Lipinski definition) is 2. The van der Waals surface area contributed by atoms with Crippen LogP contribution in [0, 0.1) is 0 Å². The predicted molar refractivity (Wildman–Crippen MR) is 80.7 cm³/mol. The number of aromatic hydroxyl groups is 1. The maximum absolute atomic E-state index is 11.7. The van der Waals surface area contributed by atoms with Gasteiger partial charge in [-0.2, -0.15) is 5.10 Å². The molecule has 21 heavy (non-hydrogen) atoms. The third kappa shape index (κ3) is 4.75. The van der Waals surface area contributed by atoms with Gasteiger partial charge in [-0.15, -0.1) is 0 Å². The molecule has 1 saturated heterocycles. The van der Waals surface area contributed by atoms with Gasteiger partial charge in [0.1, 0.15) is 0 Å². The minimum absolute atomic E-state index is 0.0729. The number of phenols is 1. The predicted octanol–water partition coefficient (Wildman–Crippen LogP) is 1.34. The van der Waals surface area contributed by atoms with Crippen LogP contribution in [0.1, 0.15) is 24.8 Å². The SMILES string of the molecule is COc1cc(/C=N/NC(=O)CN2CCCCC2)ccc1O. The smallest absolute Gasteiger partial charge is 0.254 e. The second kappa shape index (κ2) is 7.64. The van der Waals surface area contributed by atoms with Gasteiger partial charge in [0.15, 0.2) is 11.5 Å². The molecular formula is C15H21N3O3. The van der Waals surface area contributed by atoms with Crippen molar-refractivity contribution in [1.82, 2.24) is 10.3 Å². The lowest BCUT2D eigenvalue weighted by Gasteiger charge is -2.25. The number of amides is 1. The summed E-state index contributed by atoms with van der Waals surface area (Å²) < 4.78 is 5.01. The minimum Gasteiger partial charge on any atom is -0.504 e. The number of likely N-dealkylation sites (tertiary alicyclic amines) is 1. The van der Waals surface area contributed by atoms with E-state index in [0.717, 1.165) is 31.5 Å². The van der Waals surface area contributed by atoms with Crippen molar-refractivity contribution in [3.05, 3.63) is 23.8 Å². The van der Waals surface area contributed by atoms with Gasteiger partial charge < -0.3 is 9.84 Å². The van der Waals surface area contributed by atoms with Gasteiger partial charge >= 0.3 is 0 Å². The topological polar surface area (TPSA) is 74.2 Å². The number of nitrogens with zero attached hydrogens (tertiary/aromatic N) is 2. The molecule has 1 fully saturated rings. The molecule has 2 rings (SSSR count). The minimum atomic E-state index is -0.112. The number of benzene rings is 1. The van der Waals surface area contributed by atoms with Crippen molar-refractivity contribution >= 4 is 12.1 Å². The Balaban J connectivity index is 1.82. The number of hydrogen-bond acceptors (Lipinski definition) is 5. The molecule has 1 aromatic carbocycles. The van der Waals surface area contributed by atoms with Gasteiger partial charge in [-0.3, -0.25) is 9.69 Å². The largest absolute Gasteiger partial charge is 0.504 e. The van der Waals surface area contributed by atoms with Crippen molar-refractivity contribution in [2.24, 2.45) is 5.10 Å². The molecule has 0 bridgehead atoms. The number of piperidine rings is 1. The lowest BCUT2D eigenvalue weighted by molar-refractivity contribution is -0.122. The van der Waals surface area contributed by atoms with Gasteiger partial charge in [-0.25, -0.2) is 5.43 Å². The average molecular weight is 291 g/mol. The maximum atomic E-state index is 11.7. The van der Waals surface area contributed by atoms with E-state index in [2.05, 4.69) is 15.4 Å². The van der Waals surface area contributed by atoms with Gasteiger partial charge in [-0.05, 0) is 49.7 Å². The molecular weight excluding hydrogens is 270 g/mol. The first kappa shape index (κ1) is 15.3. The number of carbonyl (C=O) groups is 1. The van der Waals surface area contributed by atoms with E-state index in [1.165, 1.54) is 25.8 Å². The lowest BCUT2D eigenvalue weighted by atomic mass is 10.1. The molecule has 0 radical (unpaired) electrons. The van der Waals surface area contributed by atoms with Crippen LogP contribution < -0.4 is 10.2 Å². The van der Waals surface area contributed by atoms with Gasteiger partial charge in [-0.1, -0.05) is 6.42 Å². The average Bonchev–Trinajstić information content (AvgIpc) is 2.50. The molecule has 0 saturated carbocycles. The van der Waals surface area contributed by atoms with Crippen molar-refractivity contribution in [2.75, 3.05) is 26.7 Å². The van der Waals surface area contributed by atoms with Crippen LogP contribution in [-0.4, -0.2) is 48.9 Å². The van der Waals surface area contributed by atoms with Crippen LogP contribution in [0.5, 0.6) is 11.5 Å². The first-order valence-corrected chi connectivity index (χ1v) is 7.10. The van der Waals surface area contributed by atoms with Crippen LogP contribution in [0.3, 0.4) is 0 Å². The summed E-state index contributed by atoms with van der Waals surface area (Å²) >= 11 is 0. The summed E-state index contributed by atoms with van der Waals surface area (Å²) in [7, 11) is 1.48. The van der Waals surface area contributed by atoms with E-state index in [4.69, 9.17) is 4.74 Å². The lowest BCUT2D eigenvalue weighted by Crippen LogP contribution is -2.38. The highest BCUT2D eigenvalue weighted by Gasteiger charge is 2.13. The van der Waals surface area contributed by atoms with E-state index in [1.807, 2.05) is 0 Å². The van der Waals surface area contributed by atoms with E-state index in [9.17, 15) is 9.90 Å². The van der Waals surface area contributed by atoms with Gasteiger partial charge in [0.25, 0.3) is 5.91 Å². The number of hydrazone groups is 1. The molecule has 1 aliphatic heterocycles. The molecule has 6 nitrogen and oxygen atoms in total. The molecule has 0 spiro atoms. The number of methoxy groups -OCH3 is 1. The zero-order chi connectivity index (χ0) is 15.1. The first-order valence-electron chi connectivity index (χ1n) is 7.10. The number of phenolic OH excluding ortho intramolecular Hbond substituents is 1. The van der Waals surface area contributed by atoms with Crippen LogP contribution >= 0.6 is 0 Å². The van der Waals surface area contributed by atoms with E-state index in [0.29, 0.717) is 12.3 Å². The number of nitrogens with one attached hydrogen (secondary N) is 1. The third-order valence-electron chi connectivity index (χ3n) is 3.42. The van der Waals surface area contributed by atoms with Crippen LogP contribution in [0.15, 0.2) is 23.3 Å². The van der Waals surface area contributed by atoms with Crippen LogP contribution in [0.25, 0.3) is 0 Å². The highest BCUT2D eigenvalue weighted by Crippen LogP contribution is 2.25. The van der Waals surface area contributed by atoms with Crippen LogP contribution in [0.2, 0.25) is 0 Å². The normalized spacial score (nSPS) is 16.0. The van der Waals surface area contributed by atoms with Gasteiger partial charge in [0.2, 0.25) is 0 Å². The molecule has 0 atom stereocenters. The summed E-state index contributed by atoms with van der Waals surface area (Å²) in [4.78, 5) is 13.9. The summed E-state index contributed by atoms with van der Waals surface area (Å²) in [5.74, 6) is 0.335. The van der Waals surface area contributed by atoms with Crippen molar-refractivity contribution in [1.29, 1.82) is 0 Å². The van der Waals surface area contributed by atoms with Crippen molar-refractivity contribution < 1.29 is 14.6 Å². The van der Waals surface area contributed by atoms with Gasteiger partial charge in [0.05, 0.1) is 19.9 Å². The Hall–Kier alpha value is -2.08.